The topological polar surface area (TPSA) is 106 Å². The molecule has 1 aliphatic carbocycles. The summed E-state index contributed by atoms with van der Waals surface area (Å²) >= 11 is 1.95. The Labute approximate surface area is 195 Å². The first-order valence-electron chi connectivity index (χ1n) is 11.1. The molecule has 2 aliphatic rings. The second-order valence-corrected chi connectivity index (χ2v) is 9.86. The van der Waals surface area contributed by atoms with Crippen LogP contribution in [0.3, 0.4) is 0 Å². The monoisotopic (exact) mass is 466 g/mol. The van der Waals surface area contributed by atoms with E-state index in [-0.39, 0.29) is 11.6 Å². The van der Waals surface area contributed by atoms with Crippen LogP contribution in [0.4, 0.5) is 0 Å². The Morgan fingerprint density at radius 1 is 1.24 bits per heavy atom. The minimum atomic E-state index is -1.09. The maximum absolute atomic E-state index is 13.5. The summed E-state index contributed by atoms with van der Waals surface area (Å²) in [7, 11) is 0. The van der Waals surface area contributed by atoms with Crippen molar-refractivity contribution < 1.29 is 14.7 Å². The van der Waals surface area contributed by atoms with Gasteiger partial charge in [0.25, 0.3) is 5.91 Å². The van der Waals surface area contributed by atoms with Crippen molar-refractivity contribution in [3.05, 3.63) is 58.9 Å². The van der Waals surface area contributed by atoms with Gasteiger partial charge < -0.3 is 14.6 Å². The van der Waals surface area contributed by atoms with Gasteiger partial charge in [-0.05, 0) is 50.8 Å². The van der Waals surface area contributed by atoms with Gasteiger partial charge in [-0.3, -0.25) is 4.79 Å². The average Bonchev–Trinajstić information content (AvgIpc) is 3.50. The molecule has 1 unspecified atom stereocenters. The van der Waals surface area contributed by atoms with E-state index in [1.54, 1.807) is 12.3 Å². The van der Waals surface area contributed by atoms with Gasteiger partial charge in [-0.2, -0.15) is 11.8 Å². The maximum atomic E-state index is 13.5. The smallest absolute Gasteiger partial charge is 0.354 e. The summed E-state index contributed by atoms with van der Waals surface area (Å²) in [6, 6.07) is 5.48. The molecule has 0 aromatic carbocycles. The fourth-order valence-electron chi connectivity index (χ4n) is 4.50. The number of aromatic nitrogens is 5. The van der Waals surface area contributed by atoms with E-state index >= 15 is 0 Å². The van der Waals surface area contributed by atoms with Crippen LogP contribution in [-0.2, 0) is 6.54 Å². The van der Waals surface area contributed by atoms with Crippen molar-refractivity contribution in [1.82, 2.24) is 29.4 Å². The van der Waals surface area contributed by atoms with Crippen LogP contribution in [0.1, 0.15) is 50.8 Å². The van der Waals surface area contributed by atoms with E-state index in [9.17, 15) is 9.59 Å². The van der Waals surface area contributed by atoms with Gasteiger partial charge in [0, 0.05) is 41.7 Å². The maximum Gasteiger partial charge on any atom is 0.354 e. The number of nitrogens with zero attached hydrogens (tertiary/aromatic N) is 6. The molecule has 10 heteroatoms. The highest BCUT2D eigenvalue weighted by Gasteiger charge is 2.39. The zero-order valence-corrected chi connectivity index (χ0v) is 19.5. The molecule has 1 aliphatic heterocycles. The molecule has 5 rings (SSSR count). The number of aromatic carboxylic acids is 1. The number of carbonyl (C=O) groups is 2. The highest BCUT2D eigenvalue weighted by atomic mass is 32.2. The first kappa shape index (κ1) is 21.7. The molecule has 1 saturated carbocycles. The molecule has 0 spiro atoms. The van der Waals surface area contributed by atoms with E-state index < -0.39 is 5.97 Å². The van der Waals surface area contributed by atoms with Crippen molar-refractivity contribution in [1.29, 1.82) is 0 Å². The summed E-state index contributed by atoms with van der Waals surface area (Å²) in [5, 5.41) is 17.6. The summed E-state index contributed by atoms with van der Waals surface area (Å²) < 4.78 is 3.62. The van der Waals surface area contributed by atoms with E-state index in [1.165, 1.54) is 29.8 Å². The van der Waals surface area contributed by atoms with Crippen LogP contribution >= 0.6 is 11.8 Å². The predicted octanol–water partition coefficient (Wildman–Crippen LogP) is 2.79. The van der Waals surface area contributed by atoms with Crippen LogP contribution in [0.2, 0.25) is 0 Å². The number of carboxylic acids is 1. The van der Waals surface area contributed by atoms with Crippen molar-refractivity contribution >= 4 is 23.6 Å². The lowest BCUT2D eigenvalue weighted by Crippen LogP contribution is -2.47. The number of aryl methyl sites for hydroxylation is 1. The van der Waals surface area contributed by atoms with E-state index in [2.05, 4.69) is 24.8 Å². The summed E-state index contributed by atoms with van der Waals surface area (Å²) in [5.74, 6) is 1.74. The third-order valence-electron chi connectivity index (χ3n) is 6.48. The van der Waals surface area contributed by atoms with Crippen molar-refractivity contribution in [2.45, 2.75) is 39.3 Å². The highest BCUT2D eigenvalue weighted by molar-refractivity contribution is 7.99. The Bertz CT molecular complexity index is 1210. The zero-order valence-electron chi connectivity index (χ0n) is 18.6. The fraction of sp³-hybridized carbons (Fsp3) is 0.435. The lowest BCUT2D eigenvalue weighted by Gasteiger charge is -2.35. The van der Waals surface area contributed by atoms with Crippen LogP contribution in [-0.4, -0.2) is 70.5 Å². The quantitative estimate of drug-likeness (QED) is 0.595. The Morgan fingerprint density at radius 2 is 2.06 bits per heavy atom. The third-order valence-corrected chi connectivity index (χ3v) is 7.53. The molecule has 3 aromatic rings. The molecule has 33 heavy (non-hydrogen) atoms. The number of amides is 1. The van der Waals surface area contributed by atoms with E-state index in [0.717, 1.165) is 40.7 Å². The molecule has 1 amide bonds. The largest absolute Gasteiger partial charge is 0.477 e. The van der Waals surface area contributed by atoms with Crippen LogP contribution < -0.4 is 0 Å². The van der Waals surface area contributed by atoms with Crippen LogP contribution in [0.15, 0.2) is 30.6 Å². The minimum Gasteiger partial charge on any atom is -0.477 e. The molecule has 9 nitrogen and oxygen atoms in total. The van der Waals surface area contributed by atoms with E-state index in [4.69, 9.17) is 5.11 Å². The molecule has 172 valence electrons. The molecular formula is C23H26N6O3S. The number of carboxylic acid groups (broad SMARTS) is 1. The number of thioether (sulfide) groups is 1. The van der Waals surface area contributed by atoms with Crippen LogP contribution in [0.5, 0.6) is 0 Å². The highest BCUT2D eigenvalue weighted by Crippen LogP contribution is 2.39. The van der Waals surface area contributed by atoms with E-state index in [0.29, 0.717) is 24.2 Å². The Balaban J connectivity index is 1.37. The predicted molar refractivity (Wildman–Crippen MR) is 124 cm³/mol. The standard InChI is InChI=1S/C23H26N6O3S/c1-14-9-19(22(30)27-7-8-33-13-21(27)16-3-4-16)15(2)28(14)11-17-12-29(26-25-17)18-5-6-24-20(10-18)23(31)32/h5-6,9-10,12,16,21H,3-4,7-8,11,13H2,1-2H3,(H,31,32). The second kappa shape index (κ2) is 8.66. The van der Waals surface area contributed by atoms with Gasteiger partial charge in [-0.25, -0.2) is 14.5 Å². The summed E-state index contributed by atoms with van der Waals surface area (Å²) in [6.07, 6.45) is 5.67. The molecule has 1 N–H and O–H groups in total. The number of carbonyl (C=O) groups excluding carboxylic acids is 1. The van der Waals surface area contributed by atoms with Gasteiger partial charge in [0.05, 0.1) is 24.0 Å². The third kappa shape index (κ3) is 4.27. The van der Waals surface area contributed by atoms with Gasteiger partial charge in [-0.1, -0.05) is 5.21 Å². The van der Waals surface area contributed by atoms with Gasteiger partial charge >= 0.3 is 5.97 Å². The van der Waals surface area contributed by atoms with Gasteiger partial charge in [-0.15, -0.1) is 5.10 Å². The normalized spacial score (nSPS) is 18.5. The van der Waals surface area contributed by atoms with Gasteiger partial charge in [0.15, 0.2) is 0 Å². The van der Waals surface area contributed by atoms with Crippen molar-refractivity contribution in [3.63, 3.8) is 0 Å². The molecule has 0 radical (unpaired) electrons. The molecule has 2 fully saturated rings. The lowest BCUT2D eigenvalue weighted by molar-refractivity contribution is 0.0676. The second-order valence-electron chi connectivity index (χ2n) is 8.71. The first-order valence-corrected chi connectivity index (χ1v) is 12.2. The molecule has 4 heterocycles. The van der Waals surface area contributed by atoms with E-state index in [1.807, 2.05) is 31.7 Å². The average molecular weight is 467 g/mol. The van der Waals surface area contributed by atoms with Crippen molar-refractivity contribution in [2.24, 2.45) is 5.92 Å². The zero-order chi connectivity index (χ0) is 23.1. The van der Waals surface area contributed by atoms with Gasteiger partial charge in [0.1, 0.15) is 11.4 Å². The minimum absolute atomic E-state index is 0.0505. The fourth-order valence-corrected chi connectivity index (χ4v) is 5.69. The number of pyridine rings is 1. The number of hydrogen-bond acceptors (Lipinski definition) is 6. The van der Waals surface area contributed by atoms with Crippen LogP contribution in [0.25, 0.3) is 5.69 Å². The Morgan fingerprint density at radius 3 is 2.82 bits per heavy atom. The summed E-state index contributed by atoms with van der Waals surface area (Å²) in [5.41, 5.74) is 3.93. The summed E-state index contributed by atoms with van der Waals surface area (Å²) in [6.45, 7) is 5.27. The Hall–Kier alpha value is -3.14. The number of rotatable bonds is 6. The van der Waals surface area contributed by atoms with Crippen molar-refractivity contribution in [3.8, 4) is 5.69 Å². The lowest BCUT2D eigenvalue weighted by atomic mass is 10.1. The first-order chi connectivity index (χ1) is 15.9. The SMILES string of the molecule is Cc1cc(C(=O)N2CCSCC2C2CC2)c(C)n1Cc1cn(-c2ccnc(C(=O)O)c2)nn1. The van der Waals surface area contributed by atoms with Crippen molar-refractivity contribution in [2.75, 3.05) is 18.1 Å². The Kier molecular flexibility index (Phi) is 5.69. The summed E-state index contributed by atoms with van der Waals surface area (Å²) in [4.78, 5) is 30.6. The van der Waals surface area contributed by atoms with Crippen LogP contribution in [0, 0.1) is 19.8 Å². The molecule has 0 bridgehead atoms. The number of hydrogen-bond donors (Lipinski definition) is 1. The molecule has 1 atom stereocenters. The molecular weight excluding hydrogens is 440 g/mol. The molecule has 3 aromatic heterocycles. The molecule has 1 saturated heterocycles. The van der Waals surface area contributed by atoms with Gasteiger partial charge in [0.2, 0.25) is 0 Å².